The number of anilines is 1. The molecule has 166 valence electrons. The zero-order valence-electron chi connectivity index (χ0n) is 17.7. The van der Waals surface area contributed by atoms with E-state index in [0.29, 0.717) is 39.9 Å². The van der Waals surface area contributed by atoms with Gasteiger partial charge in [-0.25, -0.2) is 0 Å². The van der Waals surface area contributed by atoms with Crippen molar-refractivity contribution in [2.45, 2.75) is 19.4 Å². The third-order valence-corrected chi connectivity index (χ3v) is 6.73. The molecule has 8 heteroatoms. The van der Waals surface area contributed by atoms with Crippen LogP contribution in [-0.4, -0.2) is 43.2 Å². The number of fused-ring (bicyclic) bond motifs is 3. The second-order valence-corrected chi connectivity index (χ2v) is 9.11. The lowest BCUT2D eigenvalue weighted by molar-refractivity contribution is 0.0923. The van der Waals surface area contributed by atoms with E-state index in [4.69, 9.17) is 16.3 Å². The number of nitrogens with zero attached hydrogens (tertiary/aromatic N) is 1. The van der Waals surface area contributed by atoms with Gasteiger partial charge < -0.3 is 20.1 Å². The number of aliphatic hydroxyl groups excluding tert-OH is 1. The van der Waals surface area contributed by atoms with Crippen LogP contribution in [0.3, 0.4) is 0 Å². The van der Waals surface area contributed by atoms with Crippen molar-refractivity contribution in [3.05, 3.63) is 69.6 Å². The van der Waals surface area contributed by atoms with Gasteiger partial charge in [0.15, 0.2) is 0 Å². The van der Waals surface area contributed by atoms with Gasteiger partial charge in [0, 0.05) is 36.0 Å². The summed E-state index contributed by atoms with van der Waals surface area (Å²) in [5.74, 6) is 0.201. The molecule has 0 saturated heterocycles. The van der Waals surface area contributed by atoms with Crippen molar-refractivity contribution < 1.29 is 19.4 Å². The molecule has 4 rings (SSSR count). The van der Waals surface area contributed by atoms with Gasteiger partial charge in [0.1, 0.15) is 5.75 Å². The Morgan fingerprint density at radius 3 is 2.78 bits per heavy atom. The summed E-state index contributed by atoms with van der Waals surface area (Å²) in [5.41, 5.74) is 3.00. The zero-order chi connectivity index (χ0) is 22.8. The molecular weight excluding hydrogens is 448 g/mol. The van der Waals surface area contributed by atoms with Crippen molar-refractivity contribution in [1.29, 1.82) is 0 Å². The molecule has 0 fully saturated rings. The molecule has 3 aromatic rings. The summed E-state index contributed by atoms with van der Waals surface area (Å²) >= 11 is 7.68. The molecule has 0 spiro atoms. The number of thiophene rings is 1. The molecule has 1 aliphatic rings. The molecule has 6 nitrogen and oxygen atoms in total. The number of hydrogen-bond donors (Lipinski definition) is 2. The van der Waals surface area contributed by atoms with Crippen molar-refractivity contribution in [3.63, 3.8) is 0 Å². The van der Waals surface area contributed by atoms with Gasteiger partial charge in [-0.3, -0.25) is 9.59 Å². The second-order valence-electron chi connectivity index (χ2n) is 7.65. The molecule has 2 N–H and O–H groups in total. The summed E-state index contributed by atoms with van der Waals surface area (Å²) in [6.07, 6.45) is 0.0391. The molecule has 2 aromatic carbocycles. The largest absolute Gasteiger partial charge is 0.493 e. The maximum Gasteiger partial charge on any atom is 0.268 e. The first kappa shape index (κ1) is 22.3. The molecule has 0 bridgehead atoms. The van der Waals surface area contributed by atoms with Crippen LogP contribution in [-0.2, 0) is 6.42 Å². The monoisotopic (exact) mass is 470 g/mol. The molecule has 0 aliphatic carbocycles. The Morgan fingerprint density at radius 2 is 2.03 bits per heavy atom. The van der Waals surface area contributed by atoms with Gasteiger partial charge in [-0.2, -0.15) is 0 Å². The average molecular weight is 471 g/mol. The summed E-state index contributed by atoms with van der Waals surface area (Å²) in [7, 11) is 1.71. The number of carbonyl (C=O) groups excluding carboxylic acids is 2. The molecule has 2 amide bonds. The highest BCUT2D eigenvalue weighted by Crippen LogP contribution is 2.41. The van der Waals surface area contributed by atoms with E-state index in [1.165, 1.54) is 11.3 Å². The summed E-state index contributed by atoms with van der Waals surface area (Å²) in [5, 5.41) is 12.6. The van der Waals surface area contributed by atoms with E-state index in [1.54, 1.807) is 37.1 Å². The van der Waals surface area contributed by atoms with Crippen LogP contribution < -0.4 is 15.0 Å². The molecular formula is C24H23ClN2O4S. The minimum Gasteiger partial charge on any atom is -0.493 e. The summed E-state index contributed by atoms with van der Waals surface area (Å²) < 4.78 is 5.90. The minimum absolute atomic E-state index is 0.132. The number of benzene rings is 2. The summed E-state index contributed by atoms with van der Waals surface area (Å²) in [6, 6.07) is 14.4. The zero-order valence-corrected chi connectivity index (χ0v) is 19.3. The fourth-order valence-corrected chi connectivity index (χ4v) is 5.01. The van der Waals surface area contributed by atoms with E-state index >= 15 is 0 Å². The molecule has 0 unspecified atom stereocenters. The molecule has 2 heterocycles. The van der Waals surface area contributed by atoms with E-state index in [1.807, 2.05) is 30.3 Å². The Labute approximate surface area is 195 Å². The van der Waals surface area contributed by atoms with Crippen LogP contribution in [0.2, 0.25) is 5.02 Å². The number of para-hydroxylation sites is 1. The molecule has 0 radical (unpaired) electrons. The van der Waals surface area contributed by atoms with Crippen molar-refractivity contribution >= 4 is 40.4 Å². The van der Waals surface area contributed by atoms with Gasteiger partial charge in [-0.1, -0.05) is 23.7 Å². The first-order valence-electron chi connectivity index (χ1n) is 10.2. The third-order valence-electron chi connectivity index (χ3n) is 5.21. The number of halogens is 1. The first-order valence-corrected chi connectivity index (χ1v) is 11.4. The fourth-order valence-electron chi connectivity index (χ4n) is 3.53. The van der Waals surface area contributed by atoms with Gasteiger partial charge in [-0.05, 0) is 48.9 Å². The molecule has 1 aliphatic heterocycles. The van der Waals surface area contributed by atoms with E-state index in [9.17, 15) is 14.7 Å². The van der Waals surface area contributed by atoms with Crippen LogP contribution in [0, 0.1) is 0 Å². The molecule has 32 heavy (non-hydrogen) atoms. The van der Waals surface area contributed by atoms with E-state index in [2.05, 4.69) is 5.32 Å². The smallest absolute Gasteiger partial charge is 0.268 e. The standard InChI is InChI=1S/C24H23ClN2O4S/c1-14(28)13-26-23(29)16-7-8-17-20(11-16)31-10-9-15-12-21(32-22(15)17)24(30)27(2)19-6-4-3-5-18(19)25/h3-8,11-12,14,28H,9-10,13H2,1-2H3,(H,26,29)/t14-/m0/s1. The third kappa shape index (κ3) is 4.50. The Morgan fingerprint density at radius 1 is 1.25 bits per heavy atom. The maximum atomic E-state index is 13.2. The van der Waals surface area contributed by atoms with Gasteiger partial charge in [0.2, 0.25) is 0 Å². The molecule has 1 atom stereocenters. The van der Waals surface area contributed by atoms with Crippen molar-refractivity contribution in [3.8, 4) is 16.2 Å². The molecule has 0 saturated carbocycles. The quantitative estimate of drug-likeness (QED) is 0.579. The minimum atomic E-state index is -0.621. The predicted molar refractivity (Wildman–Crippen MR) is 127 cm³/mol. The van der Waals surface area contributed by atoms with Crippen molar-refractivity contribution in [1.82, 2.24) is 5.32 Å². The van der Waals surface area contributed by atoms with Crippen LogP contribution in [0.15, 0.2) is 48.5 Å². The van der Waals surface area contributed by atoms with Crippen LogP contribution in [0.4, 0.5) is 5.69 Å². The summed E-state index contributed by atoms with van der Waals surface area (Å²) in [6.45, 7) is 2.24. The SMILES string of the molecule is C[C@H](O)CNC(=O)c1ccc2c(c1)OCCc1cc(C(=O)N(C)c3ccccc3Cl)sc1-2. The van der Waals surface area contributed by atoms with Crippen LogP contribution in [0.25, 0.3) is 10.4 Å². The fraction of sp³-hybridized carbons (Fsp3) is 0.250. The van der Waals surface area contributed by atoms with Crippen molar-refractivity contribution in [2.75, 3.05) is 25.1 Å². The Hall–Kier alpha value is -2.87. The predicted octanol–water partition coefficient (Wildman–Crippen LogP) is 4.39. The van der Waals surface area contributed by atoms with Gasteiger partial charge >= 0.3 is 0 Å². The Balaban J connectivity index is 1.63. The number of amides is 2. The van der Waals surface area contributed by atoms with Crippen molar-refractivity contribution in [2.24, 2.45) is 0 Å². The van der Waals surface area contributed by atoms with Crippen LogP contribution >= 0.6 is 22.9 Å². The lowest BCUT2D eigenvalue weighted by Crippen LogP contribution is -2.30. The lowest BCUT2D eigenvalue weighted by Gasteiger charge is -2.17. The second kappa shape index (κ2) is 9.32. The van der Waals surface area contributed by atoms with Crippen LogP contribution in [0.5, 0.6) is 5.75 Å². The first-order chi connectivity index (χ1) is 15.3. The topological polar surface area (TPSA) is 78.9 Å². The highest BCUT2D eigenvalue weighted by Gasteiger charge is 2.24. The van der Waals surface area contributed by atoms with Gasteiger partial charge in [0.25, 0.3) is 11.8 Å². The maximum absolute atomic E-state index is 13.2. The number of carbonyl (C=O) groups is 2. The highest BCUT2D eigenvalue weighted by molar-refractivity contribution is 7.17. The molecule has 1 aromatic heterocycles. The van der Waals surface area contributed by atoms with E-state index < -0.39 is 6.10 Å². The number of aliphatic hydroxyl groups is 1. The van der Waals surface area contributed by atoms with Gasteiger partial charge in [0.05, 0.1) is 28.3 Å². The van der Waals surface area contributed by atoms with Gasteiger partial charge in [-0.15, -0.1) is 11.3 Å². The number of rotatable bonds is 5. The summed E-state index contributed by atoms with van der Waals surface area (Å²) in [4.78, 5) is 28.7. The van der Waals surface area contributed by atoms with Crippen LogP contribution in [0.1, 0.15) is 32.5 Å². The number of ether oxygens (including phenoxy) is 1. The van der Waals surface area contributed by atoms with E-state index in [0.717, 1.165) is 16.0 Å². The lowest BCUT2D eigenvalue weighted by atomic mass is 10.0. The number of hydrogen-bond acceptors (Lipinski definition) is 5. The average Bonchev–Trinajstić information content (AvgIpc) is 3.13. The Bertz CT molecular complexity index is 1170. The number of nitrogens with one attached hydrogen (secondary N) is 1. The van der Waals surface area contributed by atoms with E-state index in [-0.39, 0.29) is 18.4 Å². The normalized spacial score (nSPS) is 13.2. The highest BCUT2D eigenvalue weighted by atomic mass is 35.5. The Kier molecular flexibility index (Phi) is 6.50.